The molecule has 0 fully saturated rings. The molecule has 5 heteroatoms. The highest BCUT2D eigenvalue weighted by atomic mass is 32.2. The first kappa shape index (κ1) is 15.4. The summed E-state index contributed by atoms with van der Waals surface area (Å²) in [6, 6.07) is 14.5. The maximum Gasteiger partial charge on any atom is 0.154 e. The van der Waals surface area contributed by atoms with Crippen LogP contribution in [0.1, 0.15) is 28.9 Å². The first-order chi connectivity index (χ1) is 11.5. The first-order valence-electron chi connectivity index (χ1n) is 8.22. The van der Waals surface area contributed by atoms with E-state index in [0.717, 1.165) is 17.5 Å². The lowest BCUT2D eigenvalue weighted by atomic mass is 10.1. The predicted molar refractivity (Wildman–Crippen MR) is 95.8 cm³/mol. The first-order valence-corrected chi connectivity index (χ1v) is 10.3. The Kier molecular flexibility index (Phi) is 3.68. The minimum Gasteiger partial charge on any atom is -0.323 e. The number of hydrogen-bond acceptors (Lipinski definition) is 3. The molecule has 124 valence electrons. The van der Waals surface area contributed by atoms with Gasteiger partial charge in [-0.15, -0.1) is 0 Å². The molecule has 0 bridgehead atoms. The SMILES string of the molecule is CS(=O)(=O)Cc1nc2ccccc2n1Cc1ccc2c(c1)CCC2. The molecule has 3 aromatic rings. The van der Waals surface area contributed by atoms with Gasteiger partial charge in [-0.2, -0.15) is 0 Å². The van der Waals surface area contributed by atoms with Gasteiger partial charge in [0, 0.05) is 12.8 Å². The lowest BCUT2D eigenvalue weighted by Crippen LogP contribution is -2.10. The molecule has 0 saturated heterocycles. The van der Waals surface area contributed by atoms with Gasteiger partial charge in [0.1, 0.15) is 11.6 Å². The molecule has 1 aromatic heterocycles. The number of imidazole rings is 1. The number of nitrogens with zero attached hydrogens (tertiary/aromatic N) is 2. The van der Waals surface area contributed by atoms with Crippen molar-refractivity contribution in [3.63, 3.8) is 0 Å². The van der Waals surface area contributed by atoms with Crippen LogP contribution in [0.15, 0.2) is 42.5 Å². The molecule has 0 aliphatic heterocycles. The summed E-state index contributed by atoms with van der Waals surface area (Å²) in [4.78, 5) is 4.55. The molecule has 0 amide bonds. The van der Waals surface area contributed by atoms with Gasteiger partial charge in [-0.1, -0.05) is 30.3 Å². The second kappa shape index (κ2) is 5.74. The smallest absolute Gasteiger partial charge is 0.154 e. The molecular weight excluding hydrogens is 320 g/mol. The number of hydrogen-bond donors (Lipinski definition) is 0. The molecule has 1 aliphatic rings. The Labute approximate surface area is 142 Å². The van der Waals surface area contributed by atoms with Crippen LogP contribution in [0.3, 0.4) is 0 Å². The van der Waals surface area contributed by atoms with Crippen LogP contribution in [-0.2, 0) is 35.0 Å². The van der Waals surface area contributed by atoms with Gasteiger partial charge in [0.15, 0.2) is 9.84 Å². The van der Waals surface area contributed by atoms with E-state index >= 15 is 0 Å². The number of sulfone groups is 1. The van der Waals surface area contributed by atoms with Crippen LogP contribution in [0, 0.1) is 0 Å². The van der Waals surface area contributed by atoms with E-state index in [1.165, 1.54) is 35.8 Å². The van der Waals surface area contributed by atoms with Crippen LogP contribution in [0.2, 0.25) is 0 Å². The van der Waals surface area contributed by atoms with Crippen LogP contribution in [0.4, 0.5) is 0 Å². The molecule has 1 heterocycles. The van der Waals surface area contributed by atoms with Crippen molar-refractivity contribution in [2.45, 2.75) is 31.6 Å². The molecule has 1 aliphatic carbocycles. The van der Waals surface area contributed by atoms with Gasteiger partial charge in [0.25, 0.3) is 0 Å². The fraction of sp³-hybridized carbons (Fsp3) is 0.316. The lowest BCUT2D eigenvalue weighted by molar-refractivity contribution is 0.597. The van der Waals surface area contributed by atoms with E-state index in [4.69, 9.17) is 0 Å². The summed E-state index contributed by atoms with van der Waals surface area (Å²) in [5.74, 6) is 0.575. The molecule has 0 spiro atoms. The molecule has 2 aromatic carbocycles. The Hall–Kier alpha value is -2.14. The standard InChI is InChI=1S/C19H20N2O2S/c1-24(22,23)13-19-20-17-7-2-3-8-18(17)21(19)12-14-9-10-15-5-4-6-16(15)11-14/h2-3,7-11H,4-6,12-13H2,1H3. The number of para-hydroxylation sites is 2. The minimum absolute atomic E-state index is 0.0351. The van der Waals surface area contributed by atoms with Crippen LogP contribution in [0.25, 0.3) is 11.0 Å². The summed E-state index contributed by atoms with van der Waals surface area (Å²) < 4.78 is 25.6. The number of aryl methyl sites for hydroxylation is 2. The van der Waals surface area contributed by atoms with Gasteiger partial charge >= 0.3 is 0 Å². The predicted octanol–water partition coefficient (Wildman–Crippen LogP) is 3.12. The van der Waals surface area contributed by atoms with E-state index < -0.39 is 9.84 Å². The van der Waals surface area contributed by atoms with Crippen molar-refractivity contribution in [2.24, 2.45) is 0 Å². The van der Waals surface area contributed by atoms with Crippen molar-refractivity contribution in [3.8, 4) is 0 Å². The highest BCUT2D eigenvalue weighted by Gasteiger charge is 2.16. The second-order valence-electron chi connectivity index (χ2n) is 6.63. The molecular formula is C19H20N2O2S. The monoisotopic (exact) mass is 340 g/mol. The molecule has 0 saturated carbocycles. The summed E-state index contributed by atoms with van der Waals surface area (Å²) in [5.41, 5.74) is 5.91. The molecule has 0 atom stereocenters. The van der Waals surface area contributed by atoms with Gasteiger partial charge < -0.3 is 4.57 Å². The van der Waals surface area contributed by atoms with Crippen LogP contribution >= 0.6 is 0 Å². The van der Waals surface area contributed by atoms with Crippen molar-refractivity contribution in [2.75, 3.05) is 6.26 Å². The third-order valence-electron chi connectivity index (χ3n) is 4.63. The molecule has 0 N–H and O–H groups in total. The van der Waals surface area contributed by atoms with E-state index in [2.05, 4.69) is 23.2 Å². The molecule has 24 heavy (non-hydrogen) atoms. The Bertz CT molecular complexity index is 1020. The fourth-order valence-electron chi connectivity index (χ4n) is 3.55. The third-order valence-corrected chi connectivity index (χ3v) is 5.41. The van der Waals surface area contributed by atoms with E-state index in [-0.39, 0.29) is 5.75 Å². The number of rotatable bonds is 4. The summed E-state index contributed by atoms with van der Waals surface area (Å²) in [5, 5.41) is 0. The number of benzene rings is 2. The van der Waals surface area contributed by atoms with Crippen molar-refractivity contribution >= 4 is 20.9 Å². The summed E-state index contributed by atoms with van der Waals surface area (Å²) >= 11 is 0. The maximum atomic E-state index is 11.8. The Morgan fingerprint density at radius 1 is 1.08 bits per heavy atom. The number of fused-ring (bicyclic) bond motifs is 2. The Morgan fingerprint density at radius 2 is 1.88 bits per heavy atom. The maximum absolute atomic E-state index is 11.8. The second-order valence-corrected chi connectivity index (χ2v) is 8.77. The van der Waals surface area contributed by atoms with E-state index in [9.17, 15) is 8.42 Å². The number of aromatic nitrogens is 2. The Balaban J connectivity index is 1.78. The highest BCUT2D eigenvalue weighted by Crippen LogP contribution is 2.25. The fourth-order valence-corrected chi connectivity index (χ4v) is 4.24. The van der Waals surface area contributed by atoms with Gasteiger partial charge in [0.05, 0.1) is 11.0 Å². The van der Waals surface area contributed by atoms with Crippen molar-refractivity contribution in [3.05, 3.63) is 65.0 Å². The van der Waals surface area contributed by atoms with Gasteiger partial charge in [-0.05, 0) is 48.1 Å². The summed E-state index contributed by atoms with van der Waals surface area (Å²) in [6.07, 6.45) is 4.80. The van der Waals surface area contributed by atoms with E-state index in [1.54, 1.807) is 0 Å². The molecule has 4 nitrogen and oxygen atoms in total. The van der Waals surface area contributed by atoms with Gasteiger partial charge in [0.2, 0.25) is 0 Å². The Morgan fingerprint density at radius 3 is 2.71 bits per heavy atom. The molecule has 0 unspecified atom stereocenters. The zero-order valence-corrected chi connectivity index (χ0v) is 14.5. The van der Waals surface area contributed by atoms with Crippen molar-refractivity contribution in [1.82, 2.24) is 9.55 Å². The van der Waals surface area contributed by atoms with Crippen LogP contribution in [-0.4, -0.2) is 24.2 Å². The van der Waals surface area contributed by atoms with Crippen molar-refractivity contribution < 1.29 is 8.42 Å². The van der Waals surface area contributed by atoms with Crippen LogP contribution in [0.5, 0.6) is 0 Å². The van der Waals surface area contributed by atoms with Gasteiger partial charge in [-0.3, -0.25) is 0 Å². The van der Waals surface area contributed by atoms with Gasteiger partial charge in [-0.25, -0.2) is 13.4 Å². The molecule has 4 rings (SSSR count). The third kappa shape index (κ3) is 2.96. The zero-order chi connectivity index (χ0) is 16.7. The normalized spacial score (nSPS) is 14.2. The van der Waals surface area contributed by atoms with E-state index in [0.29, 0.717) is 12.4 Å². The largest absolute Gasteiger partial charge is 0.323 e. The molecule has 0 radical (unpaired) electrons. The average Bonchev–Trinajstić information content (AvgIpc) is 3.11. The van der Waals surface area contributed by atoms with Crippen molar-refractivity contribution in [1.29, 1.82) is 0 Å². The average molecular weight is 340 g/mol. The topological polar surface area (TPSA) is 52.0 Å². The highest BCUT2D eigenvalue weighted by molar-refractivity contribution is 7.89. The summed E-state index contributed by atoms with van der Waals surface area (Å²) in [6.45, 7) is 0.651. The quantitative estimate of drug-likeness (QED) is 0.733. The minimum atomic E-state index is -3.13. The lowest BCUT2D eigenvalue weighted by Gasteiger charge is -2.10. The summed E-state index contributed by atoms with van der Waals surface area (Å²) in [7, 11) is -3.13. The van der Waals surface area contributed by atoms with Crippen LogP contribution < -0.4 is 0 Å². The zero-order valence-electron chi connectivity index (χ0n) is 13.7. The van der Waals surface area contributed by atoms with E-state index in [1.807, 2.05) is 28.8 Å².